The largest absolute Gasteiger partial charge is 0.416 e. The van der Waals surface area contributed by atoms with E-state index in [1.54, 1.807) is 0 Å². The molecule has 0 fully saturated rings. The van der Waals surface area contributed by atoms with Crippen LogP contribution in [-0.2, 0) is 12.7 Å². The lowest BCUT2D eigenvalue weighted by Crippen LogP contribution is -2.24. The quantitative estimate of drug-likeness (QED) is 0.633. The van der Waals surface area contributed by atoms with Crippen LogP contribution < -0.4 is 5.32 Å². The van der Waals surface area contributed by atoms with Gasteiger partial charge in [0.25, 0.3) is 0 Å². The molecule has 0 heterocycles. The molecule has 8 heteroatoms. The van der Waals surface area contributed by atoms with E-state index in [9.17, 15) is 31.4 Å². The Balaban J connectivity index is 2.15. The van der Waals surface area contributed by atoms with Gasteiger partial charge in [0.2, 0.25) is 0 Å². The number of aliphatic hydroxyl groups excluding tert-OH is 1. The SMILES string of the molecule is OCC(NCc1cccc(C(F)(F)F)c1)c1cc(F)c(F)c(F)c1. The lowest BCUT2D eigenvalue weighted by Gasteiger charge is -2.18. The maximum absolute atomic E-state index is 13.2. The van der Waals surface area contributed by atoms with Crippen molar-refractivity contribution in [2.24, 2.45) is 0 Å². The molecular weight excluding hydrogens is 336 g/mol. The van der Waals surface area contributed by atoms with Crippen molar-refractivity contribution in [2.75, 3.05) is 6.61 Å². The third kappa shape index (κ3) is 4.27. The van der Waals surface area contributed by atoms with Gasteiger partial charge in [-0.15, -0.1) is 0 Å². The van der Waals surface area contributed by atoms with E-state index in [1.807, 2.05) is 0 Å². The summed E-state index contributed by atoms with van der Waals surface area (Å²) in [6.07, 6.45) is -4.49. The van der Waals surface area contributed by atoms with Gasteiger partial charge in [0.05, 0.1) is 18.2 Å². The summed E-state index contributed by atoms with van der Waals surface area (Å²) in [5.41, 5.74) is -0.617. The third-order valence-corrected chi connectivity index (χ3v) is 3.40. The second-order valence-corrected chi connectivity index (χ2v) is 5.11. The van der Waals surface area contributed by atoms with E-state index in [1.165, 1.54) is 12.1 Å². The third-order valence-electron chi connectivity index (χ3n) is 3.40. The zero-order valence-corrected chi connectivity index (χ0v) is 12.2. The molecule has 0 amide bonds. The maximum Gasteiger partial charge on any atom is 0.416 e. The molecule has 2 N–H and O–H groups in total. The molecule has 0 spiro atoms. The number of aliphatic hydroxyl groups is 1. The second kappa shape index (κ2) is 7.23. The number of halogens is 6. The van der Waals surface area contributed by atoms with Crippen molar-refractivity contribution in [1.29, 1.82) is 0 Å². The number of nitrogens with one attached hydrogen (secondary N) is 1. The van der Waals surface area contributed by atoms with Crippen molar-refractivity contribution in [2.45, 2.75) is 18.8 Å². The van der Waals surface area contributed by atoms with Gasteiger partial charge in [-0.2, -0.15) is 13.2 Å². The molecule has 1 unspecified atom stereocenters. The van der Waals surface area contributed by atoms with E-state index >= 15 is 0 Å². The highest BCUT2D eigenvalue weighted by molar-refractivity contribution is 5.27. The van der Waals surface area contributed by atoms with E-state index in [2.05, 4.69) is 5.32 Å². The summed E-state index contributed by atoms with van der Waals surface area (Å²) in [4.78, 5) is 0. The first-order valence-corrected chi connectivity index (χ1v) is 6.87. The smallest absolute Gasteiger partial charge is 0.394 e. The summed E-state index contributed by atoms with van der Waals surface area (Å²) in [6, 6.07) is 4.97. The van der Waals surface area contributed by atoms with Crippen LogP contribution in [0.1, 0.15) is 22.7 Å². The van der Waals surface area contributed by atoms with Crippen LogP contribution in [0, 0.1) is 17.5 Å². The molecule has 0 bridgehead atoms. The van der Waals surface area contributed by atoms with E-state index in [4.69, 9.17) is 0 Å². The molecule has 130 valence electrons. The Hall–Kier alpha value is -2.06. The predicted molar refractivity (Wildman–Crippen MR) is 74.4 cm³/mol. The van der Waals surface area contributed by atoms with Gasteiger partial charge in [0.1, 0.15) is 0 Å². The highest BCUT2D eigenvalue weighted by Crippen LogP contribution is 2.29. The number of benzene rings is 2. The fraction of sp³-hybridized carbons (Fsp3) is 0.250. The van der Waals surface area contributed by atoms with Crippen LogP contribution in [0.15, 0.2) is 36.4 Å². The second-order valence-electron chi connectivity index (χ2n) is 5.11. The van der Waals surface area contributed by atoms with Crippen LogP contribution in [0.4, 0.5) is 26.3 Å². The first-order valence-electron chi connectivity index (χ1n) is 6.87. The summed E-state index contributed by atoms with van der Waals surface area (Å²) >= 11 is 0. The predicted octanol–water partition coefficient (Wildman–Crippen LogP) is 3.95. The average Bonchev–Trinajstić information content (AvgIpc) is 2.52. The first kappa shape index (κ1) is 18.3. The summed E-state index contributed by atoms with van der Waals surface area (Å²) in [6.45, 7) is -0.667. The normalized spacial score (nSPS) is 13.1. The topological polar surface area (TPSA) is 32.3 Å². The lowest BCUT2D eigenvalue weighted by molar-refractivity contribution is -0.137. The zero-order chi connectivity index (χ0) is 17.9. The average molecular weight is 349 g/mol. The Bertz CT molecular complexity index is 693. The van der Waals surface area contributed by atoms with Gasteiger partial charge in [-0.05, 0) is 29.3 Å². The molecule has 1 atom stereocenters. The van der Waals surface area contributed by atoms with Gasteiger partial charge >= 0.3 is 6.18 Å². The van der Waals surface area contributed by atoms with Gasteiger partial charge < -0.3 is 10.4 Å². The van der Waals surface area contributed by atoms with Crippen molar-refractivity contribution in [1.82, 2.24) is 5.32 Å². The minimum Gasteiger partial charge on any atom is -0.394 e. The summed E-state index contributed by atoms with van der Waals surface area (Å²) in [7, 11) is 0. The fourth-order valence-electron chi connectivity index (χ4n) is 2.16. The van der Waals surface area contributed by atoms with Crippen LogP contribution in [0.25, 0.3) is 0 Å². The van der Waals surface area contributed by atoms with Gasteiger partial charge in [0, 0.05) is 6.54 Å². The van der Waals surface area contributed by atoms with Crippen LogP contribution in [0.3, 0.4) is 0 Å². The Morgan fingerprint density at radius 3 is 2.17 bits per heavy atom. The van der Waals surface area contributed by atoms with Crippen molar-refractivity contribution in [3.8, 4) is 0 Å². The standard InChI is InChI=1S/C16H13F6NO/c17-12-5-10(6-13(18)15(12)19)14(8-24)23-7-9-2-1-3-11(4-9)16(20,21)22/h1-6,14,23-24H,7-8H2. The highest BCUT2D eigenvalue weighted by atomic mass is 19.4. The summed E-state index contributed by atoms with van der Waals surface area (Å²) in [5.74, 6) is -4.46. The number of hydrogen-bond donors (Lipinski definition) is 2. The minimum absolute atomic E-state index is 0.0547. The molecule has 24 heavy (non-hydrogen) atoms. The summed E-state index contributed by atoms with van der Waals surface area (Å²) in [5, 5.41) is 12.0. The number of rotatable bonds is 5. The van der Waals surface area contributed by atoms with Crippen molar-refractivity contribution < 1.29 is 31.4 Å². The van der Waals surface area contributed by atoms with E-state index < -0.39 is 41.8 Å². The molecule has 0 aromatic heterocycles. The van der Waals surface area contributed by atoms with E-state index in [-0.39, 0.29) is 17.7 Å². The Kier molecular flexibility index (Phi) is 5.51. The Morgan fingerprint density at radius 1 is 1.00 bits per heavy atom. The Labute approximate surface area is 133 Å². The van der Waals surface area contributed by atoms with Gasteiger partial charge in [-0.1, -0.05) is 18.2 Å². The molecular formula is C16H13F6NO. The van der Waals surface area contributed by atoms with Crippen molar-refractivity contribution >= 4 is 0 Å². The maximum atomic E-state index is 13.2. The molecule has 2 aromatic carbocycles. The molecule has 0 saturated heterocycles. The molecule has 2 rings (SSSR count). The first-order chi connectivity index (χ1) is 11.2. The molecule has 0 saturated carbocycles. The van der Waals surface area contributed by atoms with Crippen LogP contribution in [-0.4, -0.2) is 11.7 Å². The van der Waals surface area contributed by atoms with Gasteiger partial charge in [-0.3, -0.25) is 0 Å². The molecule has 0 aliphatic heterocycles. The number of hydrogen-bond acceptors (Lipinski definition) is 2. The molecule has 2 aromatic rings. The van der Waals surface area contributed by atoms with Gasteiger partial charge in [-0.25, -0.2) is 13.2 Å². The van der Waals surface area contributed by atoms with Crippen LogP contribution in [0.2, 0.25) is 0 Å². The van der Waals surface area contributed by atoms with E-state index in [0.717, 1.165) is 24.3 Å². The molecule has 0 radical (unpaired) electrons. The summed E-state index contributed by atoms with van der Waals surface area (Å²) < 4.78 is 77.4. The van der Waals surface area contributed by atoms with Crippen molar-refractivity contribution in [3.05, 3.63) is 70.5 Å². The van der Waals surface area contributed by atoms with Crippen molar-refractivity contribution in [3.63, 3.8) is 0 Å². The van der Waals surface area contributed by atoms with E-state index in [0.29, 0.717) is 0 Å². The molecule has 2 nitrogen and oxygen atoms in total. The lowest BCUT2D eigenvalue weighted by atomic mass is 10.1. The van der Waals surface area contributed by atoms with Crippen LogP contribution >= 0.6 is 0 Å². The monoisotopic (exact) mass is 349 g/mol. The zero-order valence-electron chi connectivity index (χ0n) is 12.2. The van der Waals surface area contributed by atoms with Crippen LogP contribution in [0.5, 0.6) is 0 Å². The Morgan fingerprint density at radius 2 is 1.62 bits per heavy atom. The molecule has 0 aliphatic carbocycles. The van der Waals surface area contributed by atoms with Gasteiger partial charge in [0.15, 0.2) is 17.5 Å². The highest BCUT2D eigenvalue weighted by Gasteiger charge is 2.30. The number of alkyl halides is 3. The molecule has 0 aliphatic rings. The fourth-order valence-corrected chi connectivity index (χ4v) is 2.16. The minimum atomic E-state index is -4.49.